The summed E-state index contributed by atoms with van der Waals surface area (Å²) in [5.74, 6) is 0. The molecule has 0 unspecified atom stereocenters. The lowest BCUT2D eigenvalue weighted by atomic mass is 10.2. The fraction of sp³-hybridized carbons (Fsp3) is 0.111. The third kappa shape index (κ3) is 1.92. The normalized spacial score (nSPS) is 10.9. The van der Waals surface area contributed by atoms with Crippen molar-refractivity contribution < 1.29 is 0 Å². The van der Waals surface area contributed by atoms with E-state index in [-0.39, 0.29) is 0 Å². The van der Waals surface area contributed by atoms with Crippen molar-refractivity contribution in [3.63, 3.8) is 0 Å². The van der Waals surface area contributed by atoms with E-state index in [2.05, 4.69) is 10.4 Å². The molecule has 0 aromatic heterocycles. The molecule has 62 valence electrons. The van der Waals surface area contributed by atoms with E-state index in [1.165, 1.54) is 0 Å². The molecular weight excluding hydrogens is 150 g/mol. The Morgan fingerprint density at radius 3 is 2.58 bits per heavy atom. The third-order valence-corrected chi connectivity index (χ3v) is 1.47. The van der Waals surface area contributed by atoms with Gasteiger partial charge in [-0.05, 0) is 0 Å². The van der Waals surface area contributed by atoms with Crippen molar-refractivity contribution in [1.82, 2.24) is 5.32 Å². The molecule has 0 heterocycles. The van der Waals surface area contributed by atoms with Crippen molar-refractivity contribution in [3.8, 4) is 0 Å². The summed E-state index contributed by atoms with van der Waals surface area (Å²) < 4.78 is 0. The topological polar surface area (TPSA) is 48.2 Å². The Balaban J connectivity index is 2.96. The lowest BCUT2D eigenvalue weighted by molar-refractivity contribution is 1.07. The summed E-state index contributed by atoms with van der Waals surface area (Å²) >= 11 is 0. The van der Waals surface area contributed by atoms with E-state index < -0.39 is 0 Å². The van der Waals surface area contributed by atoms with Gasteiger partial charge in [-0.2, -0.15) is 5.11 Å². The van der Waals surface area contributed by atoms with Gasteiger partial charge in [0.05, 0.1) is 0 Å². The van der Waals surface area contributed by atoms with Crippen LogP contribution < -0.4 is 5.32 Å². The van der Waals surface area contributed by atoms with Crippen LogP contribution in [0.25, 0.3) is 5.70 Å². The number of benzene rings is 1. The fourth-order valence-electron chi connectivity index (χ4n) is 0.926. The Hall–Kier alpha value is -1.64. The molecule has 0 radical (unpaired) electrons. The second kappa shape index (κ2) is 4.28. The molecule has 0 aliphatic heterocycles. The van der Waals surface area contributed by atoms with Crippen LogP contribution >= 0.6 is 0 Å². The highest BCUT2D eigenvalue weighted by atomic mass is 15.0. The average molecular weight is 161 g/mol. The molecule has 12 heavy (non-hydrogen) atoms. The summed E-state index contributed by atoms with van der Waals surface area (Å²) in [6.45, 7) is 0. The summed E-state index contributed by atoms with van der Waals surface area (Å²) in [5, 5.41) is 6.24. The van der Waals surface area contributed by atoms with Crippen LogP contribution in [-0.2, 0) is 0 Å². The second-order valence-electron chi connectivity index (χ2n) is 2.30. The van der Waals surface area contributed by atoms with Gasteiger partial charge in [0.1, 0.15) is 5.70 Å². The molecule has 1 aromatic rings. The minimum Gasteiger partial charge on any atom is -0.392 e. The van der Waals surface area contributed by atoms with Gasteiger partial charge in [0, 0.05) is 18.8 Å². The molecular formula is C9H11N3. The summed E-state index contributed by atoms with van der Waals surface area (Å²) in [5.41, 5.74) is 8.50. The van der Waals surface area contributed by atoms with Crippen molar-refractivity contribution in [2.45, 2.75) is 0 Å². The lowest BCUT2D eigenvalue weighted by Gasteiger charge is -1.98. The predicted molar refractivity (Wildman–Crippen MR) is 48.6 cm³/mol. The van der Waals surface area contributed by atoms with Crippen molar-refractivity contribution in [2.75, 3.05) is 7.05 Å². The Bertz CT molecular complexity index is 277. The van der Waals surface area contributed by atoms with Crippen LogP contribution in [0.1, 0.15) is 5.56 Å². The Morgan fingerprint density at radius 2 is 2.08 bits per heavy atom. The maximum absolute atomic E-state index is 6.92. The van der Waals surface area contributed by atoms with Gasteiger partial charge < -0.3 is 5.32 Å². The highest BCUT2D eigenvalue weighted by Gasteiger charge is 1.95. The quantitative estimate of drug-likeness (QED) is 0.656. The van der Waals surface area contributed by atoms with E-state index in [4.69, 9.17) is 5.53 Å². The summed E-state index contributed by atoms with van der Waals surface area (Å²) in [6.07, 6.45) is 1.70. The molecule has 0 saturated heterocycles. The van der Waals surface area contributed by atoms with Crippen molar-refractivity contribution in [3.05, 3.63) is 42.1 Å². The number of nitrogens with zero attached hydrogens (tertiary/aromatic N) is 1. The molecule has 0 aliphatic rings. The molecule has 2 N–H and O–H groups in total. The number of rotatable bonds is 3. The number of hydrogen-bond donors (Lipinski definition) is 2. The first-order valence-electron chi connectivity index (χ1n) is 3.69. The molecule has 1 rings (SSSR count). The zero-order valence-electron chi connectivity index (χ0n) is 6.91. The molecule has 3 heteroatoms. The highest BCUT2D eigenvalue weighted by Crippen LogP contribution is 2.13. The van der Waals surface area contributed by atoms with Crippen LogP contribution in [-0.4, -0.2) is 7.05 Å². The molecule has 0 amide bonds. The Labute approximate surface area is 71.6 Å². The van der Waals surface area contributed by atoms with Gasteiger partial charge in [-0.1, -0.05) is 30.3 Å². The zero-order valence-corrected chi connectivity index (χ0v) is 6.91. The molecule has 0 saturated carbocycles. The van der Waals surface area contributed by atoms with Crippen molar-refractivity contribution in [1.29, 1.82) is 5.53 Å². The van der Waals surface area contributed by atoms with E-state index in [9.17, 15) is 0 Å². The first-order chi connectivity index (χ1) is 5.88. The molecule has 3 nitrogen and oxygen atoms in total. The maximum Gasteiger partial charge on any atom is 0.108 e. The van der Waals surface area contributed by atoms with Crippen LogP contribution in [0.15, 0.2) is 41.6 Å². The Kier molecular flexibility index (Phi) is 3.02. The molecule has 0 bridgehead atoms. The standard InChI is InChI=1S/C9H11N3/c1-11-7-9(12-10)8-5-3-2-4-6-8/h2-7,10-11H,1H3/b9-7-,12-10?. The average Bonchev–Trinajstić information content (AvgIpc) is 2.15. The van der Waals surface area contributed by atoms with Crippen LogP contribution in [0.3, 0.4) is 0 Å². The van der Waals surface area contributed by atoms with Crippen molar-refractivity contribution >= 4 is 5.70 Å². The summed E-state index contributed by atoms with van der Waals surface area (Å²) in [7, 11) is 1.79. The van der Waals surface area contributed by atoms with Gasteiger partial charge in [-0.15, -0.1) is 0 Å². The minimum atomic E-state index is 0.637. The second-order valence-corrected chi connectivity index (χ2v) is 2.30. The van der Waals surface area contributed by atoms with Gasteiger partial charge in [0.15, 0.2) is 0 Å². The smallest absolute Gasteiger partial charge is 0.108 e. The van der Waals surface area contributed by atoms with E-state index in [1.807, 2.05) is 30.3 Å². The van der Waals surface area contributed by atoms with Gasteiger partial charge in [0.25, 0.3) is 0 Å². The van der Waals surface area contributed by atoms with Gasteiger partial charge >= 0.3 is 0 Å². The molecule has 0 aliphatic carbocycles. The van der Waals surface area contributed by atoms with Gasteiger partial charge in [-0.3, -0.25) is 0 Å². The lowest BCUT2D eigenvalue weighted by Crippen LogP contribution is -1.94. The molecule has 1 aromatic carbocycles. The first-order valence-corrected chi connectivity index (χ1v) is 3.69. The minimum absolute atomic E-state index is 0.637. The highest BCUT2D eigenvalue weighted by molar-refractivity contribution is 5.63. The van der Waals surface area contributed by atoms with Gasteiger partial charge in [0.2, 0.25) is 0 Å². The molecule has 0 spiro atoms. The predicted octanol–water partition coefficient (Wildman–Crippen LogP) is 2.24. The van der Waals surface area contributed by atoms with E-state index in [1.54, 1.807) is 13.2 Å². The third-order valence-electron chi connectivity index (χ3n) is 1.47. The first kappa shape index (κ1) is 8.46. The molecule has 0 atom stereocenters. The SMILES string of the molecule is CN/C=C(\N=N)c1ccccc1. The van der Waals surface area contributed by atoms with Crippen molar-refractivity contribution in [2.24, 2.45) is 5.11 Å². The van der Waals surface area contributed by atoms with Crippen LogP contribution in [0, 0.1) is 5.53 Å². The zero-order chi connectivity index (χ0) is 8.81. The Morgan fingerprint density at radius 1 is 1.42 bits per heavy atom. The van der Waals surface area contributed by atoms with E-state index >= 15 is 0 Å². The summed E-state index contributed by atoms with van der Waals surface area (Å²) in [4.78, 5) is 0. The monoisotopic (exact) mass is 161 g/mol. The van der Waals surface area contributed by atoms with E-state index in [0.29, 0.717) is 5.70 Å². The van der Waals surface area contributed by atoms with E-state index in [0.717, 1.165) is 5.56 Å². The van der Waals surface area contributed by atoms with Gasteiger partial charge in [-0.25, -0.2) is 5.53 Å². The summed E-state index contributed by atoms with van der Waals surface area (Å²) in [6, 6.07) is 9.61. The largest absolute Gasteiger partial charge is 0.392 e. The van der Waals surface area contributed by atoms with Crippen LogP contribution in [0.2, 0.25) is 0 Å². The fourth-order valence-corrected chi connectivity index (χ4v) is 0.926. The van der Waals surface area contributed by atoms with Crippen LogP contribution in [0.5, 0.6) is 0 Å². The number of hydrogen-bond acceptors (Lipinski definition) is 3. The maximum atomic E-state index is 6.92. The van der Waals surface area contributed by atoms with Crippen LogP contribution in [0.4, 0.5) is 0 Å². The molecule has 0 fully saturated rings. The number of nitrogens with one attached hydrogen (secondary N) is 2.